The number of hydrogen-bond donors (Lipinski definition) is 2. The van der Waals surface area contributed by atoms with Crippen LogP contribution < -0.4 is 5.32 Å². The molecule has 0 saturated heterocycles. The van der Waals surface area contributed by atoms with Gasteiger partial charge in [-0.3, -0.25) is 4.79 Å². The summed E-state index contributed by atoms with van der Waals surface area (Å²) in [7, 11) is 0. The van der Waals surface area contributed by atoms with Gasteiger partial charge in [-0.15, -0.1) is 0 Å². The first kappa shape index (κ1) is 15.6. The highest BCUT2D eigenvalue weighted by atomic mass is 35.5. The van der Waals surface area contributed by atoms with Crippen molar-refractivity contribution in [3.8, 4) is 0 Å². The highest BCUT2D eigenvalue weighted by Crippen LogP contribution is 2.31. The Hall–Kier alpha value is -0.480. The van der Waals surface area contributed by atoms with Gasteiger partial charge in [0.15, 0.2) is 0 Å². The highest BCUT2D eigenvalue weighted by molar-refractivity contribution is 6.46. The fourth-order valence-electron chi connectivity index (χ4n) is 1.50. The SMILES string of the molecule is CC(CCCO)NC(=O)c1c(Cl)ccc(Cl)c1Cl. The summed E-state index contributed by atoms with van der Waals surface area (Å²) in [6, 6.07) is 3.00. The topological polar surface area (TPSA) is 49.3 Å². The second kappa shape index (κ2) is 7.19. The van der Waals surface area contributed by atoms with Crippen LogP contribution in [0.2, 0.25) is 15.1 Å². The maximum absolute atomic E-state index is 12.0. The summed E-state index contributed by atoms with van der Waals surface area (Å²) in [5.74, 6) is -0.363. The third kappa shape index (κ3) is 4.02. The fraction of sp³-hybridized carbons (Fsp3) is 0.417. The molecular weight excluding hydrogens is 296 g/mol. The van der Waals surface area contributed by atoms with Gasteiger partial charge in [0.25, 0.3) is 5.91 Å². The lowest BCUT2D eigenvalue weighted by Crippen LogP contribution is -2.33. The van der Waals surface area contributed by atoms with Crippen molar-refractivity contribution in [2.24, 2.45) is 0 Å². The largest absolute Gasteiger partial charge is 0.396 e. The Morgan fingerprint density at radius 2 is 1.94 bits per heavy atom. The smallest absolute Gasteiger partial charge is 0.254 e. The predicted molar refractivity (Wildman–Crippen MR) is 74.7 cm³/mol. The minimum Gasteiger partial charge on any atom is -0.396 e. The van der Waals surface area contributed by atoms with Gasteiger partial charge in [0.2, 0.25) is 0 Å². The second-order valence-electron chi connectivity index (χ2n) is 3.96. The van der Waals surface area contributed by atoms with E-state index in [1.54, 1.807) is 0 Å². The molecule has 3 nitrogen and oxygen atoms in total. The summed E-state index contributed by atoms with van der Waals surface area (Å²) in [4.78, 5) is 12.0. The summed E-state index contributed by atoms with van der Waals surface area (Å²) < 4.78 is 0. The van der Waals surface area contributed by atoms with Crippen LogP contribution in [0.25, 0.3) is 0 Å². The van der Waals surface area contributed by atoms with Gasteiger partial charge in [-0.2, -0.15) is 0 Å². The molecule has 0 radical (unpaired) electrons. The lowest BCUT2D eigenvalue weighted by molar-refractivity contribution is 0.0936. The van der Waals surface area contributed by atoms with Crippen molar-refractivity contribution < 1.29 is 9.90 Å². The molecule has 1 atom stereocenters. The Bertz CT molecular complexity index is 438. The normalized spacial score (nSPS) is 12.3. The van der Waals surface area contributed by atoms with E-state index in [2.05, 4.69) is 5.32 Å². The minimum absolute atomic E-state index is 0.0734. The molecule has 2 N–H and O–H groups in total. The fourth-order valence-corrected chi connectivity index (χ4v) is 2.20. The van der Waals surface area contributed by atoms with Gasteiger partial charge in [-0.1, -0.05) is 34.8 Å². The molecule has 1 aromatic carbocycles. The number of rotatable bonds is 5. The third-order valence-corrected chi connectivity index (χ3v) is 3.56. The maximum atomic E-state index is 12.0. The van der Waals surface area contributed by atoms with E-state index < -0.39 is 0 Å². The van der Waals surface area contributed by atoms with Crippen LogP contribution >= 0.6 is 34.8 Å². The average Bonchev–Trinajstić information content (AvgIpc) is 2.31. The van der Waals surface area contributed by atoms with E-state index in [0.29, 0.717) is 12.8 Å². The van der Waals surface area contributed by atoms with Crippen molar-refractivity contribution in [1.82, 2.24) is 5.32 Å². The van der Waals surface area contributed by atoms with Gasteiger partial charge in [0.1, 0.15) is 0 Å². The number of benzene rings is 1. The molecule has 0 fully saturated rings. The van der Waals surface area contributed by atoms with Crippen LogP contribution in [0.5, 0.6) is 0 Å². The Morgan fingerprint density at radius 3 is 2.56 bits per heavy atom. The van der Waals surface area contributed by atoms with Crippen molar-refractivity contribution in [2.45, 2.75) is 25.8 Å². The Labute approximate surface area is 121 Å². The molecule has 1 amide bonds. The molecule has 0 aromatic heterocycles. The molecule has 1 aromatic rings. The number of aliphatic hydroxyl groups excluding tert-OH is 1. The van der Waals surface area contributed by atoms with Crippen molar-refractivity contribution in [3.63, 3.8) is 0 Å². The van der Waals surface area contributed by atoms with E-state index >= 15 is 0 Å². The lowest BCUT2D eigenvalue weighted by atomic mass is 10.1. The zero-order valence-corrected chi connectivity index (χ0v) is 12.1. The zero-order chi connectivity index (χ0) is 13.7. The average molecular weight is 311 g/mol. The molecule has 0 bridgehead atoms. The van der Waals surface area contributed by atoms with Gasteiger partial charge in [-0.05, 0) is 31.9 Å². The number of nitrogens with one attached hydrogen (secondary N) is 1. The molecule has 100 valence electrons. The monoisotopic (exact) mass is 309 g/mol. The first-order chi connectivity index (χ1) is 8.47. The molecule has 6 heteroatoms. The Morgan fingerprint density at radius 1 is 1.33 bits per heavy atom. The van der Waals surface area contributed by atoms with Crippen molar-refractivity contribution in [2.75, 3.05) is 6.61 Å². The van der Waals surface area contributed by atoms with E-state index in [-0.39, 0.29) is 39.2 Å². The van der Waals surface area contributed by atoms with Gasteiger partial charge in [0.05, 0.1) is 20.6 Å². The molecule has 0 heterocycles. The Balaban J connectivity index is 2.81. The van der Waals surface area contributed by atoms with Gasteiger partial charge < -0.3 is 10.4 Å². The molecule has 1 unspecified atom stereocenters. The van der Waals surface area contributed by atoms with Crippen LogP contribution in [0, 0.1) is 0 Å². The summed E-state index contributed by atoms with van der Waals surface area (Å²) >= 11 is 17.8. The van der Waals surface area contributed by atoms with Crippen molar-refractivity contribution in [1.29, 1.82) is 0 Å². The van der Waals surface area contributed by atoms with E-state index in [0.717, 1.165) is 0 Å². The second-order valence-corrected chi connectivity index (χ2v) is 5.15. The van der Waals surface area contributed by atoms with Crippen LogP contribution in [0.3, 0.4) is 0 Å². The zero-order valence-electron chi connectivity index (χ0n) is 9.84. The van der Waals surface area contributed by atoms with E-state index in [1.165, 1.54) is 12.1 Å². The molecule has 0 spiro atoms. The summed E-state index contributed by atoms with van der Waals surface area (Å²) in [5, 5.41) is 12.2. The molecule has 18 heavy (non-hydrogen) atoms. The first-order valence-corrected chi connectivity index (χ1v) is 6.66. The molecule has 0 aliphatic rings. The van der Waals surface area contributed by atoms with Crippen molar-refractivity contribution >= 4 is 40.7 Å². The Kier molecular flexibility index (Phi) is 6.22. The minimum atomic E-state index is -0.363. The van der Waals surface area contributed by atoms with Crippen LogP contribution in [-0.2, 0) is 0 Å². The highest BCUT2D eigenvalue weighted by Gasteiger charge is 2.18. The number of amides is 1. The summed E-state index contributed by atoms with van der Waals surface area (Å²) in [6.07, 6.45) is 1.30. The van der Waals surface area contributed by atoms with Crippen molar-refractivity contribution in [3.05, 3.63) is 32.8 Å². The summed E-state index contributed by atoms with van der Waals surface area (Å²) in [6.45, 7) is 1.94. The standard InChI is InChI=1S/C12H14Cl3NO2/c1-7(3-2-6-17)16-12(18)10-8(13)4-5-9(14)11(10)15/h4-5,7,17H,2-3,6H2,1H3,(H,16,18). The number of hydrogen-bond acceptors (Lipinski definition) is 2. The number of aliphatic hydroxyl groups is 1. The van der Waals surface area contributed by atoms with E-state index in [4.69, 9.17) is 39.9 Å². The van der Waals surface area contributed by atoms with Crippen LogP contribution in [0.1, 0.15) is 30.1 Å². The molecule has 0 saturated carbocycles. The third-order valence-electron chi connectivity index (χ3n) is 2.44. The lowest BCUT2D eigenvalue weighted by Gasteiger charge is -2.15. The summed E-state index contributed by atoms with van der Waals surface area (Å²) in [5.41, 5.74) is 0.182. The number of carbonyl (C=O) groups is 1. The molecular formula is C12H14Cl3NO2. The predicted octanol–water partition coefficient (Wildman–Crippen LogP) is 3.54. The van der Waals surface area contributed by atoms with Gasteiger partial charge >= 0.3 is 0 Å². The number of carbonyl (C=O) groups excluding carboxylic acids is 1. The van der Waals surface area contributed by atoms with Gasteiger partial charge in [-0.25, -0.2) is 0 Å². The van der Waals surface area contributed by atoms with Crippen LogP contribution in [0.4, 0.5) is 0 Å². The maximum Gasteiger partial charge on any atom is 0.254 e. The van der Waals surface area contributed by atoms with E-state index in [1.807, 2.05) is 6.92 Å². The molecule has 0 aliphatic carbocycles. The van der Waals surface area contributed by atoms with E-state index in [9.17, 15) is 4.79 Å². The first-order valence-electron chi connectivity index (χ1n) is 5.52. The van der Waals surface area contributed by atoms with Crippen LogP contribution in [0.15, 0.2) is 12.1 Å². The number of halogens is 3. The van der Waals surface area contributed by atoms with Crippen LogP contribution in [-0.4, -0.2) is 23.7 Å². The molecule has 1 rings (SSSR count). The quantitative estimate of drug-likeness (QED) is 0.817. The van der Waals surface area contributed by atoms with Gasteiger partial charge in [0, 0.05) is 12.6 Å². The molecule has 0 aliphatic heterocycles.